The van der Waals surface area contributed by atoms with Crippen LogP contribution in [-0.2, 0) is 24.1 Å². The molecule has 0 saturated heterocycles. The third-order valence-electron chi connectivity index (χ3n) is 8.43. The zero-order valence-electron chi connectivity index (χ0n) is 26.0. The Morgan fingerprint density at radius 1 is 1.07 bits per heavy atom. The largest absolute Gasteiger partial charge is 0.444 e. The molecule has 0 unspecified atom stereocenters. The highest BCUT2D eigenvalue weighted by atomic mass is 16.6. The fourth-order valence-corrected chi connectivity index (χ4v) is 6.36. The van der Waals surface area contributed by atoms with Gasteiger partial charge in [0.25, 0.3) is 5.91 Å². The SMILES string of the molecule is CCN(c1cccc2c1C/C=C/CCc1cc(C)nc(C)c1CNC2=O)[C@H]1CC[C@@H](N(C)C(=O)OC(C)(C)C)CC1. The molecule has 1 aromatic carbocycles. The fourth-order valence-electron chi connectivity index (χ4n) is 6.36. The Bertz CT molecular complexity index is 1270. The molecule has 222 valence electrons. The van der Waals surface area contributed by atoms with Crippen LogP contribution in [0.15, 0.2) is 36.4 Å². The van der Waals surface area contributed by atoms with Gasteiger partial charge < -0.3 is 19.9 Å². The minimum Gasteiger partial charge on any atom is -0.444 e. The number of benzene rings is 1. The lowest BCUT2D eigenvalue weighted by Crippen LogP contribution is -2.46. The van der Waals surface area contributed by atoms with Gasteiger partial charge in [0.15, 0.2) is 0 Å². The first-order chi connectivity index (χ1) is 19.5. The van der Waals surface area contributed by atoms with Crippen LogP contribution in [0.1, 0.15) is 98.2 Å². The second kappa shape index (κ2) is 13.1. The Morgan fingerprint density at radius 3 is 2.46 bits per heavy atom. The lowest BCUT2D eigenvalue weighted by atomic mass is 9.88. The van der Waals surface area contributed by atoms with Crippen molar-refractivity contribution >= 4 is 17.7 Å². The van der Waals surface area contributed by atoms with Crippen molar-refractivity contribution in [3.63, 3.8) is 0 Å². The van der Waals surface area contributed by atoms with Crippen LogP contribution < -0.4 is 10.2 Å². The van der Waals surface area contributed by atoms with Gasteiger partial charge in [0, 0.05) is 54.9 Å². The predicted molar refractivity (Wildman–Crippen MR) is 166 cm³/mol. The normalized spacial score (nSPS) is 20.4. The molecule has 7 nitrogen and oxygen atoms in total. The van der Waals surface area contributed by atoms with Gasteiger partial charge in [-0.05, 0) is 121 Å². The predicted octanol–water partition coefficient (Wildman–Crippen LogP) is 6.68. The average molecular weight is 561 g/mol. The molecule has 2 aliphatic rings. The number of carbonyl (C=O) groups is 2. The molecule has 1 aliphatic heterocycles. The molecule has 1 aromatic heterocycles. The van der Waals surface area contributed by atoms with Crippen molar-refractivity contribution in [2.45, 2.75) is 111 Å². The van der Waals surface area contributed by atoms with E-state index in [1.165, 1.54) is 5.56 Å². The van der Waals surface area contributed by atoms with Crippen LogP contribution in [0, 0.1) is 13.8 Å². The smallest absolute Gasteiger partial charge is 0.410 e. The van der Waals surface area contributed by atoms with E-state index in [1.807, 2.05) is 53.8 Å². The van der Waals surface area contributed by atoms with Crippen molar-refractivity contribution in [3.05, 3.63) is 70.1 Å². The zero-order valence-corrected chi connectivity index (χ0v) is 26.0. The van der Waals surface area contributed by atoms with E-state index in [4.69, 9.17) is 4.74 Å². The molecule has 4 rings (SSSR count). The fraction of sp³-hybridized carbons (Fsp3) is 0.559. The number of allylic oxidation sites excluding steroid dienone is 2. The van der Waals surface area contributed by atoms with Crippen LogP contribution in [0.4, 0.5) is 10.5 Å². The molecule has 2 aromatic rings. The third kappa shape index (κ3) is 7.49. The Balaban J connectivity index is 1.54. The van der Waals surface area contributed by atoms with Crippen LogP contribution in [0.25, 0.3) is 0 Å². The highest BCUT2D eigenvalue weighted by Crippen LogP contribution is 2.33. The van der Waals surface area contributed by atoms with Gasteiger partial charge in [-0.1, -0.05) is 18.2 Å². The highest BCUT2D eigenvalue weighted by molar-refractivity contribution is 5.97. The van der Waals surface area contributed by atoms with E-state index < -0.39 is 5.60 Å². The number of anilines is 1. The minimum absolute atomic E-state index is 0.0412. The third-order valence-corrected chi connectivity index (χ3v) is 8.43. The van der Waals surface area contributed by atoms with Gasteiger partial charge in [0.2, 0.25) is 0 Å². The number of aryl methyl sites for hydroxylation is 3. The second-order valence-corrected chi connectivity index (χ2v) is 12.5. The van der Waals surface area contributed by atoms with Crippen molar-refractivity contribution < 1.29 is 14.3 Å². The molecule has 1 saturated carbocycles. The Morgan fingerprint density at radius 2 is 1.78 bits per heavy atom. The van der Waals surface area contributed by atoms with E-state index in [9.17, 15) is 9.59 Å². The molecule has 41 heavy (non-hydrogen) atoms. The number of rotatable bonds is 4. The maximum absolute atomic E-state index is 13.6. The number of aromatic nitrogens is 1. The summed E-state index contributed by atoms with van der Waals surface area (Å²) in [4.78, 5) is 35.2. The summed E-state index contributed by atoms with van der Waals surface area (Å²) in [5, 5.41) is 3.21. The number of amides is 2. The summed E-state index contributed by atoms with van der Waals surface area (Å²) in [5.41, 5.74) is 6.85. The van der Waals surface area contributed by atoms with Crippen LogP contribution in [0.3, 0.4) is 0 Å². The van der Waals surface area contributed by atoms with E-state index in [0.717, 1.165) is 78.8 Å². The molecule has 0 radical (unpaired) electrons. The number of hydrogen-bond acceptors (Lipinski definition) is 5. The van der Waals surface area contributed by atoms with E-state index in [2.05, 4.69) is 46.4 Å². The molecular weight excluding hydrogens is 512 g/mol. The van der Waals surface area contributed by atoms with Crippen molar-refractivity contribution in [1.82, 2.24) is 15.2 Å². The lowest BCUT2D eigenvalue weighted by Gasteiger charge is -2.41. The highest BCUT2D eigenvalue weighted by Gasteiger charge is 2.32. The topological polar surface area (TPSA) is 74.8 Å². The molecule has 1 fully saturated rings. The molecule has 2 amide bonds. The van der Waals surface area contributed by atoms with Crippen molar-refractivity contribution in [2.24, 2.45) is 0 Å². The van der Waals surface area contributed by atoms with Gasteiger partial charge in [-0.25, -0.2) is 4.79 Å². The summed E-state index contributed by atoms with van der Waals surface area (Å²) in [6.07, 6.45) is 10.7. The van der Waals surface area contributed by atoms with Gasteiger partial charge in [0.05, 0.1) is 0 Å². The molecular formula is C34H48N4O3. The van der Waals surface area contributed by atoms with Crippen LogP contribution in [0.2, 0.25) is 0 Å². The van der Waals surface area contributed by atoms with Gasteiger partial charge in [-0.2, -0.15) is 0 Å². The summed E-state index contributed by atoms with van der Waals surface area (Å²) in [6, 6.07) is 8.81. The number of fused-ring (bicyclic) bond motifs is 2. The van der Waals surface area contributed by atoms with E-state index in [1.54, 1.807) is 4.90 Å². The number of nitrogens with one attached hydrogen (secondary N) is 1. The molecule has 1 N–H and O–H groups in total. The van der Waals surface area contributed by atoms with Gasteiger partial charge in [-0.15, -0.1) is 0 Å². The number of nitrogens with zero attached hydrogens (tertiary/aromatic N) is 3. The first-order valence-electron chi connectivity index (χ1n) is 15.2. The van der Waals surface area contributed by atoms with E-state index in [0.29, 0.717) is 19.0 Å². The quantitative estimate of drug-likeness (QED) is 0.423. The summed E-state index contributed by atoms with van der Waals surface area (Å²) in [7, 11) is 1.86. The molecule has 2 heterocycles. The minimum atomic E-state index is -0.500. The second-order valence-electron chi connectivity index (χ2n) is 12.5. The van der Waals surface area contributed by atoms with Gasteiger partial charge >= 0.3 is 6.09 Å². The molecule has 0 spiro atoms. The number of hydrogen-bond donors (Lipinski definition) is 1. The average Bonchev–Trinajstić information content (AvgIpc) is 2.91. The van der Waals surface area contributed by atoms with Gasteiger partial charge in [-0.3, -0.25) is 9.78 Å². The maximum atomic E-state index is 13.6. The summed E-state index contributed by atoms with van der Waals surface area (Å²) in [5.74, 6) is -0.0412. The van der Waals surface area contributed by atoms with Gasteiger partial charge in [0.1, 0.15) is 5.60 Å². The Kier molecular flexibility index (Phi) is 9.77. The van der Waals surface area contributed by atoms with Crippen molar-refractivity contribution in [1.29, 1.82) is 0 Å². The van der Waals surface area contributed by atoms with E-state index in [-0.39, 0.29) is 18.0 Å². The zero-order chi connectivity index (χ0) is 29.7. The summed E-state index contributed by atoms with van der Waals surface area (Å²) in [6.45, 7) is 13.3. The lowest BCUT2D eigenvalue weighted by molar-refractivity contribution is 0.0183. The Hall–Kier alpha value is -3.35. The molecule has 0 atom stereocenters. The maximum Gasteiger partial charge on any atom is 0.410 e. The summed E-state index contributed by atoms with van der Waals surface area (Å²) < 4.78 is 5.61. The summed E-state index contributed by atoms with van der Waals surface area (Å²) >= 11 is 0. The molecule has 0 bridgehead atoms. The number of carbonyl (C=O) groups excluding carboxylic acids is 2. The van der Waals surface area contributed by atoms with Crippen LogP contribution in [-0.4, -0.2) is 53.2 Å². The molecule has 1 aliphatic carbocycles. The molecule has 7 heteroatoms. The monoisotopic (exact) mass is 560 g/mol. The van der Waals surface area contributed by atoms with Crippen LogP contribution >= 0.6 is 0 Å². The van der Waals surface area contributed by atoms with E-state index >= 15 is 0 Å². The first-order valence-corrected chi connectivity index (χ1v) is 15.2. The standard InChI is InChI=1S/C34H48N4O3/c1-8-38(27-19-17-26(18-20-27)37(7)33(40)41-34(4,5)6)31-16-12-15-29-28(31)14-11-9-10-13-25-21-23(2)36-24(3)30(25)22-35-32(29)39/h9,11-12,15-16,21,26-27H,8,10,13-14,17-20,22H2,1-7H3,(H,35,39)/b11-9+/t26-,27+. The van der Waals surface area contributed by atoms with Crippen LogP contribution in [0.5, 0.6) is 0 Å². The van der Waals surface area contributed by atoms with Crippen molar-refractivity contribution in [2.75, 3.05) is 18.5 Å². The Labute approximate surface area is 246 Å². The number of pyridine rings is 1. The van der Waals surface area contributed by atoms with Crippen molar-refractivity contribution in [3.8, 4) is 0 Å². The first kappa shape index (κ1) is 30.6. The number of ether oxygens (including phenoxy) is 1.